The Hall–Kier alpha value is 0.544. The largest absolute Gasteiger partial charge is 2.00 e. The Kier molecular flexibility index (Phi) is 16.1. The van der Waals surface area contributed by atoms with Gasteiger partial charge in [-0.1, -0.05) is 6.92 Å². The summed E-state index contributed by atoms with van der Waals surface area (Å²) in [6.07, 6.45) is 0. The maximum atomic E-state index is 3.74. The quantitative estimate of drug-likeness (QED) is 0.477. The fraction of sp³-hybridized carbons (Fsp3) is 1.00. The van der Waals surface area contributed by atoms with Crippen LogP contribution in [0.4, 0.5) is 0 Å². The Bertz CT molecular complexity index is 8.85. The van der Waals surface area contributed by atoms with E-state index < -0.39 is 0 Å². The standard InChI is InChI=1S/C3H8N.V/c1-3-4-2;/h3H2,1-2H3;/q-1;+2. The molecule has 0 aliphatic carbocycles. The van der Waals surface area contributed by atoms with E-state index in [1.165, 1.54) is 0 Å². The monoisotopic (exact) mass is 109 g/mol. The van der Waals surface area contributed by atoms with E-state index in [1.54, 1.807) is 7.05 Å². The van der Waals surface area contributed by atoms with Crippen LogP contribution in [-0.4, -0.2) is 13.6 Å². The molecule has 0 saturated carbocycles. The molecule has 0 amide bonds. The molecule has 0 unspecified atom stereocenters. The van der Waals surface area contributed by atoms with Gasteiger partial charge in [-0.25, -0.2) is 0 Å². The summed E-state index contributed by atoms with van der Waals surface area (Å²) in [6, 6.07) is 0. The Morgan fingerprint density at radius 1 is 1.60 bits per heavy atom. The molecule has 1 radical (unpaired) electrons. The minimum Gasteiger partial charge on any atom is -0.665 e. The zero-order valence-corrected chi connectivity index (χ0v) is 5.00. The molecule has 1 nitrogen and oxygen atoms in total. The molecule has 0 aliphatic rings. The van der Waals surface area contributed by atoms with Crippen LogP contribution in [-0.2, 0) is 18.6 Å². The summed E-state index contributed by atoms with van der Waals surface area (Å²) in [4.78, 5) is 0. The van der Waals surface area contributed by atoms with Crippen LogP contribution in [0.2, 0.25) is 0 Å². The van der Waals surface area contributed by atoms with Crippen molar-refractivity contribution in [3.8, 4) is 0 Å². The number of hydrogen-bond donors (Lipinski definition) is 0. The van der Waals surface area contributed by atoms with Gasteiger partial charge < -0.3 is 5.32 Å². The van der Waals surface area contributed by atoms with Crippen molar-refractivity contribution in [2.24, 2.45) is 0 Å². The van der Waals surface area contributed by atoms with Crippen molar-refractivity contribution in [3.05, 3.63) is 5.32 Å². The van der Waals surface area contributed by atoms with Crippen molar-refractivity contribution in [1.82, 2.24) is 0 Å². The minimum atomic E-state index is 0. The maximum Gasteiger partial charge on any atom is 2.00 e. The first-order valence-corrected chi connectivity index (χ1v) is 1.47. The normalized spacial score (nSPS) is 6.00. The van der Waals surface area contributed by atoms with Crippen LogP contribution in [0.3, 0.4) is 0 Å². The van der Waals surface area contributed by atoms with Gasteiger partial charge in [0.15, 0.2) is 0 Å². The van der Waals surface area contributed by atoms with Crippen molar-refractivity contribution in [1.29, 1.82) is 0 Å². The van der Waals surface area contributed by atoms with Crippen LogP contribution < -0.4 is 0 Å². The summed E-state index contributed by atoms with van der Waals surface area (Å²) >= 11 is 0. The molecule has 0 rings (SSSR count). The van der Waals surface area contributed by atoms with E-state index in [9.17, 15) is 0 Å². The van der Waals surface area contributed by atoms with Gasteiger partial charge in [-0.2, -0.15) is 13.6 Å². The third-order valence-electron chi connectivity index (χ3n) is 0.316. The SMILES string of the molecule is CC[N-]C.[V+2]. The summed E-state index contributed by atoms with van der Waals surface area (Å²) in [6.45, 7) is 2.96. The average molecular weight is 109 g/mol. The minimum absolute atomic E-state index is 0. The fourth-order valence-electron chi connectivity index (χ4n) is 0. The molecule has 0 N–H and O–H groups in total. The van der Waals surface area contributed by atoms with Gasteiger partial charge in [0.05, 0.1) is 0 Å². The fourth-order valence-corrected chi connectivity index (χ4v) is 0. The molecule has 0 aromatic heterocycles. The van der Waals surface area contributed by atoms with Crippen molar-refractivity contribution in [2.45, 2.75) is 6.92 Å². The molecule has 29 valence electrons. The summed E-state index contributed by atoms with van der Waals surface area (Å²) in [5.41, 5.74) is 0. The van der Waals surface area contributed by atoms with Gasteiger partial charge in [-0.05, 0) is 0 Å². The Morgan fingerprint density at radius 2 is 1.80 bits per heavy atom. The van der Waals surface area contributed by atoms with Crippen LogP contribution in [0.5, 0.6) is 0 Å². The van der Waals surface area contributed by atoms with E-state index in [0.717, 1.165) is 6.54 Å². The third-order valence-corrected chi connectivity index (χ3v) is 0.316. The molecule has 0 bridgehead atoms. The average Bonchev–Trinajstić information content (AvgIpc) is 1.37. The van der Waals surface area contributed by atoms with Crippen molar-refractivity contribution < 1.29 is 18.6 Å². The zero-order valence-electron chi connectivity index (χ0n) is 3.60. The second-order valence-electron chi connectivity index (χ2n) is 0.632. The summed E-state index contributed by atoms with van der Waals surface area (Å²) in [5.74, 6) is 0. The molecule has 0 aromatic rings. The molecule has 0 aromatic carbocycles. The van der Waals surface area contributed by atoms with Crippen molar-refractivity contribution >= 4 is 0 Å². The predicted molar refractivity (Wildman–Crippen MR) is 19.8 cm³/mol. The van der Waals surface area contributed by atoms with Crippen molar-refractivity contribution in [2.75, 3.05) is 13.6 Å². The molecule has 5 heavy (non-hydrogen) atoms. The van der Waals surface area contributed by atoms with Gasteiger partial charge in [0.25, 0.3) is 0 Å². The molecule has 0 spiro atoms. The molecule has 2 heteroatoms. The Labute approximate surface area is 45.0 Å². The number of rotatable bonds is 1. The summed E-state index contributed by atoms with van der Waals surface area (Å²) in [7, 11) is 1.81. The summed E-state index contributed by atoms with van der Waals surface area (Å²) < 4.78 is 0. The van der Waals surface area contributed by atoms with Crippen LogP contribution in [0.25, 0.3) is 5.32 Å². The maximum absolute atomic E-state index is 3.74. The van der Waals surface area contributed by atoms with Crippen molar-refractivity contribution in [3.63, 3.8) is 0 Å². The van der Waals surface area contributed by atoms with Gasteiger partial charge in [0, 0.05) is 0 Å². The third kappa shape index (κ3) is 12.3. The van der Waals surface area contributed by atoms with Gasteiger partial charge in [0.1, 0.15) is 0 Å². The van der Waals surface area contributed by atoms with Gasteiger partial charge in [0.2, 0.25) is 0 Å². The first kappa shape index (κ1) is 9.11. The van der Waals surface area contributed by atoms with E-state index in [-0.39, 0.29) is 18.6 Å². The van der Waals surface area contributed by atoms with Crippen LogP contribution >= 0.6 is 0 Å². The molecule has 0 heterocycles. The zero-order chi connectivity index (χ0) is 3.41. The molecule has 0 fully saturated rings. The van der Waals surface area contributed by atoms with Crippen LogP contribution in [0, 0.1) is 0 Å². The van der Waals surface area contributed by atoms with E-state index in [1.807, 2.05) is 6.92 Å². The number of hydrogen-bond acceptors (Lipinski definition) is 0. The Morgan fingerprint density at radius 3 is 1.80 bits per heavy atom. The summed E-state index contributed by atoms with van der Waals surface area (Å²) in [5, 5.41) is 3.74. The smallest absolute Gasteiger partial charge is 0.665 e. The topological polar surface area (TPSA) is 14.1 Å². The second-order valence-corrected chi connectivity index (χ2v) is 0.632. The van der Waals surface area contributed by atoms with Gasteiger partial charge in [-0.15, -0.1) is 0 Å². The van der Waals surface area contributed by atoms with Crippen LogP contribution in [0.1, 0.15) is 6.92 Å². The van der Waals surface area contributed by atoms with Gasteiger partial charge in [-0.3, -0.25) is 0 Å². The number of nitrogens with zero attached hydrogens (tertiary/aromatic N) is 1. The first-order chi connectivity index (χ1) is 1.91. The molecule has 0 atom stereocenters. The van der Waals surface area contributed by atoms with Crippen LogP contribution in [0.15, 0.2) is 0 Å². The molecule has 0 saturated heterocycles. The van der Waals surface area contributed by atoms with E-state index >= 15 is 0 Å². The molecule has 0 aliphatic heterocycles. The first-order valence-electron chi connectivity index (χ1n) is 1.47. The van der Waals surface area contributed by atoms with Gasteiger partial charge >= 0.3 is 18.6 Å². The second kappa shape index (κ2) is 8.82. The van der Waals surface area contributed by atoms with E-state index in [2.05, 4.69) is 5.32 Å². The molecular formula is C3H8NV+. The van der Waals surface area contributed by atoms with E-state index in [0.29, 0.717) is 0 Å². The Balaban J connectivity index is 0. The van der Waals surface area contributed by atoms with E-state index in [4.69, 9.17) is 0 Å². The molecular weight excluding hydrogens is 101 g/mol. The predicted octanol–water partition coefficient (Wildman–Crippen LogP) is 1.01.